The van der Waals surface area contributed by atoms with Crippen molar-refractivity contribution in [1.29, 1.82) is 0 Å². The Morgan fingerprint density at radius 3 is 2.26 bits per heavy atom. The second-order valence-electron chi connectivity index (χ2n) is 5.35. The quantitative estimate of drug-likeness (QED) is 0.562. The Kier molecular flexibility index (Phi) is 9.83. The van der Waals surface area contributed by atoms with Crippen LogP contribution in [0.4, 0.5) is 0 Å². The summed E-state index contributed by atoms with van der Waals surface area (Å²) in [5.74, 6) is 0.0366. The predicted molar refractivity (Wildman–Crippen MR) is 76.7 cm³/mol. The summed E-state index contributed by atoms with van der Waals surface area (Å²) in [7, 11) is 0. The van der Waals surface area contributed by atoms with E-state index in [1.54, 1.807) is 0 Å². The highest BCUT2D eigenvalue weighted by molar-refractivity contribution is 5.75. The van der Waals surface area contributed by atoms with Crippen molar-refractivity contribution in [2.24, 2.45) is 11.1 Å². The van der Waals surface area contributed by atoms with E-state index in [0.29, 0.717) is 32.7 Å². The zero-order valence-electron chi connectivity index (χ0n) is 12.8. The first kappa shape index (κ1) is 18.4. The Labute approximate surface area is 117 Å². The fourth-order valence-corrected chi connectivity index (χ4v) is 1.79. The summed E-state index contributed by atoms with van der Waals surface area (Å²) in [6.45, 7) is 10.3. The highest BCUT2D eigenvalue weighted by atomic mass is 16.7. The molecule has 3 N–H and O–H groups in total. The Bertz CT molecular complexity index is 239. The Morgan fingerprint density at radius 1 is 1.21 bits per heavy atom. The van der Waals surface area contributed by atoms with E-state index in [2.05, 4.69) is 19.2 Å². The number of ether oxygens (including phenoxy) is 2. The summed E-state index contributed by atoms with van der Waals surface area (Å²) < 4.78 is 10.7. The number of carbonyl (C=O) groups excluding carboxylic acids is 1. The highest BCUT2D eigenvalue weighted by Crippen LogP contribution is 2.25. The van der Waals surface area contributed by atoms with Gasteiger partial charge in [-0.1, -0.05) is 13.8 Å². The first-order valence-electron chi connectivity index (χ1n) is 7.15. The van der Waals surface area contributed by atoms with Crippen LogP contribution in [0.2, 0.25) is 0 Å². The van der Waals surface area contributed by atoms with Crippen molar-refractivity contribution in [1.82, 2.24) is 5.32 Å². The molecule has 5 heteroatoms. The molecule has 0 bridgehead atoms. The third kappa shape index (κ3) is 9.87. The van der Waals surface area contributed by atoms with E-state index in [-0.39, 0.29) is 17.6 Å². The van der Waals surface area contributed by atoms with Crippen LogP contribution in [0.5, 0.6) is 0 Å². The average molecular weight is 274 g/mol. The second-order valence-corrected chi connectivity index (χ2v) is 5.35. The van der Waals surface area contributed by atoms with E-state index in [1.165, 1.54) is 0 Å². The third-order valence-corrected chi connectivity index (χ3v) is 3.02. The minimum atomic E-state index is -0.351. The summed E-state index contributed by atoms with van der Waals surface area (Å²) in [6.07, 6.45) is 1.93. The van der Waals surface area contributed by atoms with Gasteiger partial charge in [-0.25, -0.2) is 0 Å². The van der Waals surface area contributed by atoms with E-state index in [4.69, 9.17) is 15.2 Å². The average Bonchev–Trinajstić information content (AvgIpc) is 2.34. The molecule has 0 aliphatic rings. The maximum Gasteiger partial charge on any atom is 0.220 e. The fraction of sp³-hybridized carbons (Fsp3) is 0.929. The van der Waals surface area contributed by atoms with E-state index < -0.39 is 0 Å². The molecule has 0 aromatic carbocycles. The van der Waals surface area contributed by atoms with Crippen molar-refractivity contribution < 1.29 is 14.3 Å². The number of amides is 1. The third-order valence-electron chi connectivity index (χ3n) is 3.02. The van der Waals surface area contributed by atoms with Gasteiger partial charge in [-0.3, -0.25) is 4.79 Å². The minimum Gasteiger partial charge on any atom is -0.351 e. The van der Waals surface area contributed by atoms with Crippen LogP contribution < -0.4 is 11.1 Å². The van der Waals surface area contributed by atoms with Crippen LogP contribution in [0.25, 0.3) is 0 Å². The SMILES string of the molecule is CCOC(CNC(=O)CCC(C)(C)CCN)OCC. The number of nitrogens with one attached hydrogen (secondary N) is 1. The molecule has 0 rings (SSSR count). The lowest BCUT2D eigenvalue weighted by atomic mass is 9.84. The van der Waals surface area contributed by atoms with E-state index in [9.17, 15) is 4.79 Å². The molecule has 0 saturated heterocycles. The van der Waals surface area contributed by atoms with Gasteiger partial charge in [0.15, 0.2) is 6.29 Å². The molecule has 0 aliphatic heterocycles. The van der Waals surface area contributed by atoms with Gasteiger partial charge in [0.25, 0.3) is 0 Å². The molecule has 0 atom stereocenters. The van der Waals surface area contributed by atoms with Gasteiger partial charge in [0.05, 0.1) is 6.54 Å². The Balaban J connectivity index is 3.90. The molecule has 1 amide bonds. The number of carbonyl (C=O) groups is 1. The highest BCUT2D eigenvalue weighted by Gasteiger charge is 2.18. The molecule has 0 aliphatic carbocycles. The van der Waals surface area contributed by atoms with Crippen molar-refractivity contribution in [2.45, 2.75) is 53.2 Å². The van der Waals surface area contributed by atoms with Crippen LogP contribution in [0.1, 0.15) is 47.0 Å². The zero-order chi connectivity index (χ0) is 14.7. The minimum absolute atomic E-state index is 0.0366. The maximum absolute atomic E-state index is 11.8. The zero-order valence-corrected chi connectivity index (χ0v) is 12.8. The van der Waals surface area contributed by atoms with E-state index >= 15 is 0 Å². The van der Waals surface area contributed by atoms with Gasteiger partial charge in [0.1, 0.15) is 0 Å². The first-order valence-corrected chi connectivity index (χ1v) is 7.15. The van der Waals surface area contributed by atoms with Gasteiger partial charge in [0.2, 0.25) is 5.91 Å². The lowest BCUT2D eigenvalue weighted by molar-refractivity contribution is -0.140. The van der Waals surface area contributed by atoms with Crippen molar-refractivity contribution >= 4 is 5.91 Å². The maximum atomic E-state index is 11.8. The van der Waals surface area contributed by atoms with Crippen molar-refractivity contribution in [2.75, 3.05) is 26.3 Å². The molecule has 0 radical (unpaired) electrons. The molecule has 0 spiro atoms. The van der Waals surface area contributed by atoms with Crippen molar-refractivity contribution in [3.05, 3.63) is 0 Å². The van der Waals surface area contributed by atoms with Crippen LogP contribution in [0.15, 0.2) is 0 Å². The standard InChI is InChI=1S/C14H30N2O3/c1-5-18-13(19-6-2)11-16-12(17)7-8-14(3,4)9-10-15/h13H,5-11,15H2,1-4H3,(H,16,17). The van der Waals surface area contributed by atoms with Gasteiger partial charge in [-0.2, -0.15) is 0 Å². The monoisotopic (exact) mass is 274 g/mol. The number of rotatable bonds is 11. The van der Waals surface area contributed by atoms with Crippen molar-refractivity contribution in [3.63, 3.8) is 0 Å². The Morgan fingerprint density at radius 2 is 1.79 bits per heavy atom. The van der Waals surface area contributed by atoms with E-state index in [0.717, 1.165) is 12.8 Å². The van der Waals surface area contributed by atoms with Crippen LogP contribution in [0.3, 0.4) is 0 Å². The van der Waals surface area contributed by atoms with Gasteiger partial charge in [-0.05, 0) is 38.6 Å². The lowest BCUT2D eigenvalue weighted by Gasteiger charge is -2.23. The van der Waals surface area contributed by atoms with Gasteiger partial charge in [-0.15, -0.1) is 0 Å². The van der Waals surface area contributed by atoms with Crippen LogP contribution in [-0.2, 0) is 14.3 Å². The molecule has 0 fully saturated rings. The first-order chi connectivity index (χ1) is 8.95. The Hall–Kier alpha value is -0.650. The van der Waals surface area contributed by atoms with Gasteiger partial charge >= 0.3 is 0 Å². The predicted octanol–water partition coefficient (Wildman–Crippen LogP) is 1.66. The largest absolute Gasteiger partial charge is 0.351 e. The van der Waals surface area contributed by atoms with Crippen LogP contribution in [-0.4, -0.2) is 38.5 Å². The number of hydrogen-bond acceptors (Lipinski definition) is 4. The van der Waals surface area contributed by atoms with Gasteiger partial charge < -0.3 is 20.5 Å². The van der Waals surface area contributed by atoms with Crippen LogP contribution in [0, 0.1) is 5.41 Å². The topological polar surface area (TPSA) is 73.6 Å². The van der Waals surface area contributed by atoms with Gasteiger partial charge in [0, 0.05) is 19.6 Å². The summed E-state index contributed by atoms with van der Waals surface area (Å²) in [4.78, 5) is 11.8. The molecular formula is C14H30N2O3. The molecule has 0 saturated carbocycles. The molecule has 0 aromatic rings. The molecule has 5 nitrogen and oxygen atoms in total. The summed E-state index contributed by atoms with van der Waals surface area (Å²) in [5, 5.41) is 2.85. The number of hydrogen-bond donors (Lipinski definition) is 2. The molecule has 19 heavy (non-hydrogen) atoms. The van der Waals surface area contributed by atoms with E-state index in [1.807, 2.05) is 13.8 Å². The fourth-order valence-electron chi connectivity index (χ4n) is 1.79. The lowest BCUT2D eigenvalue weighted by Crippen LogP contribution is -2.35. The summed E-state index contributed by atoms with van der Waals surface area (Å²) in [6, 6.07) is 0. The normalized spacial score (nSPS) is 11.9. The molecule has 0 aromatic heterocycles. The number of nitrogens with two attached hydrogens (primary N) is 1. The van der Waals surface area contributed by atoms with Crippen molar-refractivity contribution in [3.8, 4) is 0 Å². The second kappa shape index (κ2) is 10.2. The summed E-state index contributed by atoms with van der Waals surface area (Å²) >= 11 is 0. The van der Waals surface area contributed by atoms with Crippen LogP contribution >= 0.6 is 0 Å². The molecular weight excluding hydrogens is 244 g/mol. The smallest absolute Gasteiger partial charge is 0.220 e. The molecule has 0 heterocycles. The molecule has 0 unspecified atom stereocenters. The molecule has 114 valence electrons. The summed E-state index contributed by atoms with van der Waals surface area (Å²) in [5.41, 5.74) is 5.67.